The molecular weight excluding hydrogens is 558 g/mol. The highest BCUT2D eigenvalue weighted by Gasteiger charge is 2.13. The predicted molar refractivity (Wildman–Crippen MR) is 195 cm³/mol. The molecule has 2 N–H and O–H groups in total. The van der Waals surface area contributed by atoms with Crippen molar-refractivity contribution in [2.45, 2.75) is 6.92 Å². The van der Waals surface area contributed by atoms with Crippen LogP contribution in [0.5, 0.6) is 0 Å². The monoisotopic (exact) mass is 593 g/mol. The normalized spacial score (nSPS) is 10.7. The van der Waals surface area contributed by atoms with E-state index in [2.05, 4.69) is 155 Å². The summed E-state index contributed by atoms with van der Waals surface area (Å²) in [7, 11) is 0. The Bertz CT molecular complexity index is 2210. The van der Waals surface area contributed by atoms with E-state index < -0.39 is 0 Å². The van der Waals surface area contributed by atoms with Crippen LogP contribution in [0.2, 0.25) is 0 Å². The van der Waals surface area contributed by atoms with E-state index >= 15 is 0 Å². The number of rotatable bonds is 4. The molecular formula is C43H35N3. The maximum absolute atomic E-state index is 3.33. The van der Waals surface area contributed by atoms with Crippen molar-refractivity contribution in [3.8, 4) is 39.2 Å². The Kier molecular flexibility index (Phi) is 8.29. The van der Waals surface area contributed by atoms with E-state index in [9.17, 15) is 0 Å². The number of aromatic nitrogens is 3. The van der Waals surface area contributed by atoms with Crippen LogP contribution < -0.4 is 0 Å². The molecule has 0 amide bonds. The molecule has 0 saturated carbocycles. The van der Waals surface area contributed by atoms with Crippen LogP contribution in [0.25, 0.3) is 61.0 Å². The van der Waals surface area contributed by atoms with Gasteiger partial charge < -0.3 is 14.5 Å². The molecule has 8 aromatic rings. The van der Waals surface area contributed by atoms with Gasteiger partial charge in [0.15, 0.2) is 0 Å². The van der Waals surface area contributed by atoms with Crippen LogP contribution in [0.15, 0.2) is 182 Å². The molecule has 3 nitrogen and oxygen atoms in total. The van der Waals surface area contributed by atoms with Gasteiger partial charge in [-0.3, -0.25) is 0 Å². The lowest BCUT2D eigenvalue weighted by Gasteiger charge is -2.10. The Hall–Kier alpha value is -6.06. The van der Waals surface area contributed by atoms with E-state index in [-0.39, 0.29) is 0 Å². The molecule has 0 aliphatic heterocycles. The first-order valence-corrected chi connectivity index (χ1v) is 15.6. The first kappa shape index (κ1) is 28.7. The minimum Gasteiger partial charge on any atom is -0.366 e. The van der Waals surface area contributed by atoms with Crippen LogP contribution in [0.4, 0.5) is 0 Å². The molecule has 0 radical (unpaired) electrons. The summed E-state index contributed by atoms with van der Waals surface area (Å²) >= 11 is 0. The van der Waals surface area contributed by atoms with Crippen molar-refractivity contribution in [1.29, 1.82) is 0 Å². The van der Waals surface area contributed by atoms with E-state index in [1.54, 1.807) is 0 Å². The zero-order valence-electron chi connectivity index (χ0n) is 25.8. The highest BCUT2D eigenvalue weighted by molar-refractivity contribution is 6.10. The van der Waals surface area contributed by atoms with Crippen LogP contribution in [0.3, 0.4) is 0 Å². The second kappa shape index (κ2) is 13.3. The molecule has 0 spiro atoms. The number of nitrogens with one attached hydrogen (secondary N) is 2. The Morgan fingerprint density at radius 2 is 1.00 bits per heavy atom. The van der Waals surface area contributed by atoms with Crippen molar-refractivity contribution in [3.05, 3.63) is 188 Å². The quantitative estimate of drug-likeness (QED) is 0.204. The van der Waals surface area contributed by atoms with Crippen LogP contribution in [0.1, 0.15) is 5.56 Å². The number of aromatic amines is 2. The van der Waals surface area contributed by atoms with E-state index in [4.69, 9.17) is 0 Å². The SMILES string of the molecule is Cc1ccccc1.c1ccc(-c2ccc3c(c2)c2ccccc2n3-c2ccc(-c3ccc(-c4c[nH]cccc[nH]4)cc3)cc2)cc1. The molecule has 0 aliphatic rings. The molecule has 0 bridgehead atoms. The van der Waals surface area contributed by atoms with Crippen molar-refractivity contribution in [2.24, 2.45) is 0 Å². The van der Waals surface area contributed by atoms with Crippen LogP contribution in [0, 0.1) is 6.92 Å². The fourth-order valence-electron chi connectivity index (χ4n) is 5.89. The van der Waals surface area contributed by atoms with E-state index in [1.807, 2.05) is 48.9 Å². The van der Waals surface area contributed by atoms with Crippen molar-refractivity contribution in [2.75, 3.05) is 0 Å². The van der Waals surface area contributed by atoms with Gasteiger partial charge in [0.05, 0.1) is 16.7 Å². The number of hydrogen-bond donors (Lipinski definition) is 2. The maximum atomic E-state index is 3.33. The maximum Gasteiger partial charge on any atom is 0.0616 e. The Morgan fingerprint density at radius 3 is 1.72 bits per heavy atom. The van der Waals surface area contributed by atoms with Gasteiger partial charge in [0.1, 0.15) is 0 Å². The third kappa shape index (κ3) is 6.12. The van der Waals surface area contributed by atoms with Crippen molar-refractivity contribution >= 4 is 21.8 Å². The zero-order chi connectivity index (χ0) is 31.1. The number of fused-ring (bicyclic) bond motifs is 3. The lowest BCUT2D eigenvalue weighted by atomic mass is 10.0. The molecule has 6 aromatic carbocycles. The third-order valence-electron chi connectivity index (χ3n) is 8.24. The van der Waals surface area contributed by atoms with Gasteiger partial charge in [-0.2, -0.15) is 0 Å². The molecule has 222 valence electrons. The lowest BCUT2D eigenvalue weighted by molar-refractivity contribution is 1.18. The molecule has 46 heavy (non-hydrogen) atoms. The molecule has 0 fully saturated rings. The smallest absolute Gasteiger partial charge is 0.0616 e. The summed E-state index contributed by atoms with van der Waals surface area (Å²) < 4.78 is 2.37. The fraction of sp³-hybridized carbons (Fsp3) is 0.0233. The average molecular weight is 594 g/mol. The molecule has 2 heterocycles. The summed E-state index contributed by atoms with van der Waals surface area (Å²) in [5.41, 5.74) is 11.9. The number of nitrogens with zero attached hydrogens (tertiary/aromatic N) is 1. The number of para-hydroxylation sites is 1. The summed E-state index contributed by atoms with van der Waals surface area (Å²) in [6, 6.07) is 57.8. The topological polar surface area (TPSA) is 36.5 Å². The number of H-pyrrole nitrogens is 2. The summed E-state index contributed by atoms with van der Waals surface area (Å²) in [6.07, 6.45) is 5.82. The van der Waals surface area contributed by atoms with E-state index in [0.717, 1.165) is 16.9 Å². The van der Waals surface area contributed by atoms with Gasteiger partial charge in [-0.1, -0.05) is 127 Å². The molecule has 0 aliphatic carbocycles. The molecule has 0 unspecified atom stereocenters. The van der Waals surface area contributed by atoms with Gasteiger partial charge in [0.2, 0.25) is 0 Å². The summed E-state index contributed by atoms with van der Waals surface area (Å²) in [4.78, 5) is 6.51. The second-order valence-electron chi connectivity index (χ2n) is 11.3. The number of benzene rings is 6. The zero-order valence-corrected chi connectivity index (χ0v) is 25.8. The van der Waals surface area contributed by atoms with Crippen molar-refractivity contribution in [3.63, 3.8) is 0 Å². The van der Waals surface area contributed by atoms with Crippen molar-refractivity contribution < 1.29 is 0 Å². The minimum atomic E-state index is 1.03. The van der Waals surface area contributed by atoms with Crippen LogP contribution in [-0.4, -0.2) is 14.5 Å². The number of hydrogen-bond acceptors (Lipinski definition) is 0. The summed E-state index contributed by atoms with van der Waals surface area (Å²) in [6.45, 7) is 2.08. The minimum absolute atomic E-state index is 1.03. The average Bonchev–Trinajstić information content (AvgIpc) is 3.43. The van der Waals surface area contributed by atoms with Crippen LogP contribution in [-0.2, 0) is 0 Å². The van der Waals surface area contributed by atoms with Gasteiger partial charge in [-0.05, 0) is 77.2 Å². The van der Waals surface area contributed by atoms with Crippen molar-refractivity contribution in [1.82, 2.24) is 14.5 Å². The molecule has 2 aromatic heterocycles. The van der Waals surface area contributed by atoms with Gasteiger partial charge in [0.25, 0.3) is 0 Å². The van der Waals surface area contributed by atoms with Gasteiger partial charge in [-0.15, -0.1) is 0 Å². The largest absolute Gasteiger partial charge is 0.366 e. The predicted octanol–water partition coefficient (Wildman–Crippen LogP) is 11.6. The summed E-state index contributed by atoms with van der Waals surface area (Å²) in [5, 5.41) is 2.53. The lowest BCUT2D eigenvalue weighted by Crippen LogP contribution is -1.93. The molecule has 0 saturated heterocycles. The molecule has 8 rings (SSSR count). The first-order chi connectivity index (χ1) is 22.7. The van der Waals surface area contributed by atoms with Crippen LogP contribution >= 0.6 is 0 Å². The third-order valence-corrected chi connectivity index (χ3v) is 8.24. The Morgan fingerprint density at radius 1 is 0.435 bits per heavy atom. The Labute approximate surface area is 269 Å². The van der Waals surface area contributed by atoms with Gasteiger partial charge in [-0.25, -0.2) is 0 Å². The van der Waals surface area contributed by atoms with E-state index in [0.29, 0.717) is 0 Å². The van der Waals surface area contributed by atoms with Gasteiger partial charge in [0, 0.05) is 35.1 Å². The standard InChI is InChI=1S/C36H27N3.C7H8/c1-2-8-26(9-3-1)30-18-21-36-33(24-30)32-10-4-5-11-35(32)39(36)31-19-16-28(17-20-31)27-12-14-29(15-13-27)34-25-37-22-6-7-23-38-34;1-7-5-3-2-4-6-7/h1-25,37-38H;2-6H,1H3. The highest BCUT2D eigenvalue weighted by atomic mass is 15.0. The Balaban J connectivity index is 0.000000430. The first-order valence-electron chi connectivity index (χ1n) is 15.6. The summed E-state index contributed by atoms with van der Waals surface area (Å²) in [5.74, 6) is 0. The van der Waals surface area contributed by atoms with Gasteiger partial charge >= 0.3 is 0 Å². The molecule has 3 heteroatoms. The second-order valence-corrected chi connectivity index (χ2v) is 11.3. The highest BCUT2D eigenvalue weighted by Crippen LogP contribution is 2.35. The fourth-order valence-corrected chi connectivity index (χ4v) is 5.89. The molecule has 0 atom stereocenters. The number of aryl methyl sites for hydroxylation is 1. The van der Waals surface area contributed by atoms with E-state index in [1.165, 1.54) is 49.6 Å².